The normalized spacial score (nSPS) is 17.8. The van der Waals surface area contributed by atoms with Crippen molar-refractivity contribution in [3.05, 3.63) is 35.1 Å². The van der Waals surface area contributed by atoms with Gasteiger partial charge in [0.05, 0.1) is 6.61 Å². The zero-order valence-electron chi connectivity index (χ0n) is 8.92. The molecule has 2 N–H and O–H groups in total. The van der Waals surface area contributed by atoms with Crippen LogP contribution in [0.3, 0.4) is 0 Å². The van der Waals surface area contributed by atoms with E-state index in [2.05, 4.69) is 0 Å². The lowest BCUT2D eigenvalue weighted by Crippen LogP contribution is -2.24. The van der Waals surface area contributed by atoms with Crippen molar-refractivity contribution in [2.24, 2.45) is 5.73 Å². The van der Waals surface area contributed by atoms with Crippen LogP contribution in [-0.2, 0) is 17.8 Å². The molecule has 82 valence electrons. The van der Waals surface area contributed by atoms with Crippen LogP contribution in [0.25, 0.3) is 0 Å². The van der Waals surface area contributed by atoms with Crippen LogP contribution in [-0.4, -0.2) is 12.6 Å². The first kappa shape index (κ1) is 10.6. The van der Waals surface area contributed by atoms with Crippen LogP contribution in [0.2, 0.25) is 0 Å². The smallest absolute Gasteiger partial charge is 0.128 e. The highest BCUT2D eigenvalue weighted by Crippen LogP contribution is 2.35. The Morgan fingerprint density at radius 2 is 2.20 bits per heavy atom. The molecule has 1 aliphatic rings. The average molecular weight is 209 g/mol. The summed E-state index contributed by atoms with van der Waals surface area (Å²) in [5, 5.41) is 0. The Kier molecular flexibility index (Phi) is 2.76. The molecule has 1 aliphatic carbocycles. The predicted octanol–water partition coefficient (Wildman–Crippen LogP) is 2.01. The van der Waals surface area contributed by atoms with Gasteiger partial charge in [-0.05, 0) is 30.9 Å². The van der Waals surface area contributed by atoms with E-state index in [1.807, 2.05) is 6.07 Å². The minimum atomic E-state index is -0.196. The molecule has 0 bridgehead atoms. The minimum Gasteiger partial charge on any atom is -0.380 e. The lowest BCUT2D eigenvalue weighted by Gasteiger charge is -2.09. The van der Waals surface area contributed by atoms with Crippen LogP contribution in [0.15, 0.2) is 18.2 Å². The van der Waals surface area contributed by atoms with Crippen molar-refractivity contribution in [1.29, 1.82) is 0 Å². The zero-order valence-corrected chi connectivity index (χ0v) is 8.92. The number of nitrogens with two attached hydrogens (primary N) is 1. The van der Waals surface area contributed by atoms with Crippen LogP contribution in [0, 0.1) is 5.82 Å². The van der Waals surface area contributed by atoms with Gasteiger partial charge in [0.25, 0.3) is 0 Å². The number of methoxy groups -OCH3 is 1. The van der Waals surface area contributed by atoms with Crippen molar-refractivity contribution in [3.63, 3.8) is 0 Å². The number of halogens is 1. The second-order valence-electron chi connectivity index (χ2n) is 4.40. The number of hydrogen-bond acceptors (Lipinski definition) is 2. The molecular formula is C12H16FNO. The van der Waals surface area contributed by atoms with E-state index in [-0.39, 0.29) is 11.4 Å². The van der Waals surface area contributed by atoms with Crippen molar-refractivity contribution in [1.82, 2.24) is 0 Å². The average Bonchev–Trinajstić information content (AvgIpc) is 2.89. The van der Waals surface area contributed by atoms with E-state index in [1.54, 1.807) is 19.2 Å². The molecule has 2 nitrogen and oxygen atoms in total. The molecular weight excluding hydrogens is 193 g/mol. The first-order valence-corrected chi connectivity index (χ1v) is 5.18. The van der Waals surface area contributed by atoms with E-state index in [0.29, 0.717) is 12.2 Å². The van der Waals surface area contributed by atoms with Crippen molar-refractivity contribution in [2.75, 3.05) is 7.11 Å². The molecule has 0 radical (unpaired) electrons. The Morgan fingerprint density at radius 3 is 2.73 bits per heavy atom. The Morgan fingerprint density at radius 1 is 1.47 bits per heavy atom. The zero-order chi connectivity index (χ0) is 10.9. The Hall–Kier alpha value is -0.930. The summed E-state index contributed by atoms with van der Waals surface area (Å²) in [6.07, 6.45) is 2.88. The fraction of sp³-hybridized carbons (Fsp3) is 0.500. The molecule has 0 amide bonds. The molecule has 0 atom stereocenters. The predicted molar refractivity (Wildman–Crippen MR) is 57.0 cm³/mol. The van der Waals surface area contributed by atoms with Crippen molar-refractivity contribution in [2.45, 2.75) is 31.4 Å². The summed E-state index contributed by atoms with van der Waals surface area (Å²) in [6.45, 7) is 0.319. The van der Waals surface area contributed by atoms with E-state index in [9.17, 15) is 4.39 Å². The molecule has 1 aromatic carbocycles. The molecule has 0 aromatic heterocycles. The van der Waals surface area contributed by atoms with Gasteiger partial charge >= 0.3 is 0 Å². The molecule has 15 heavy (non-hydrogen) atoms. The number of ether oxygens (including phenoxy) is 1. The summed E-state index contributed by atoms with van der Waals surface area (Å²) in [6, 6.07) is 5.28. The minimum absolute atomic E-state index is 0.0603. The Bertz CT molecular complexity index is 361. The summed E-state index contributed by atoms with van der Waals surface area (Å²) < 4.78 is 18.4. The van der Waals surface area contributed by atoms with Crippen molar-refractivity contribution in [3.8, 4) is 0 Å². The van der Waals surface area contributed by atoms with Gasteiger partial charge in [-0.1, -0.05) is 12.1 Å². The largest absolute Gasteiger partial charge is 0.380 e. The maximum atomic E-state index is 13.5. The Labute approximate surface area is 89.2 Å². The summed E-state index contributed by atoms with van der Waals surface area (Å²) in [5.41, 5.74) is 7.50. The van der Waals surface area contributed by atoms with Gasteiger partial charge in [-0.25, -0.2) is 4.39 Å². The molecule has 0 saturated heterocycles. The highest BCUT2D eigenvalue weighted by Gasteiger charge is 2.37. The number of benzene rings is 1. The standard InChI is InChI=1S/C12H16FNO/c1-15-8-10-3-2-9(6-11(10)13)7-12(14)4-5-12/h2-3,6H,4-5,7-8,14H2,1H3. The van der Waals surface area contributed by atoms with E-state index in [4.69, 9.17) is 10.5 Å². The van der Waals surface area contributed by atoms with Gasteiger partial charge in [0, 0.05) is 18.2 Å². The maximum Gasteiger partial charge on any atom is 0.128 e. The van der Waals surface area contributed by atoms with Gasteiger partial charge in [-0.15, -0.1) is 0 Å². The summed E-state index contributed by atoms with van der Waals surface area (Å²) in [4.78, 5) is 0. The first-order chi connectivity index (χ1) is 7.13. The third-order valence-electron chi connectivity index (χ3n) is 2.87. The third-order valence-corrected chi connectivity index (χ3v) is 2.87. The summed E-state index contributed by atoms with van der Waals surface area (Å²) in [5.74, 6) is -0.196. The molecule has 0 spiro atoms. The SMILES string of the molecule is COCc1ccc(CC2(N)CC2)cc1F. The third kappa shape index (κ3) is 2.55. The summed E-state index contributed by atoms with van der Waals surface area (Å²) >= 11 is 0. The highest BCUT2D eigenvalue weighted by atomic mass is 19.1. The van der Waals surface area contributed by atoms with Crippen molar-refractivity contribution < 1.29 is 9.13 Å². The monoisotopic (exact) mass is 209 g/mol. The fourth-order valence-corrected chi connectivity index (χ4v) is 1.72. The van der Waals surface area contributed by atoms with Gasteiger partial charge < -0.3 is 10.5 Å². The molecule has 1 saturated carbocycles. The summed E-state index contributed by atoms with van der Waals surface area (Å²) in [7, 11) is 1.56. The van der Waals surface area contributed by atoms with Gasteiger partial charge in [-0.2, -0.15) is 0 Å². The maximum absolute atomic E-state index is 13.5. The molecule has 0 aliphatic heterocycles. The molecule has 0 unspecified atom stereocenters. The number of hydrogen-bond donors (Lipinski definition) is 1. The molecule has 3 heteroatoms. The lowest BCUT2D eigenvalue weighted by atomic mass is 10.0. The molecule has 0 heterocycles. The Balaban J connectivity index is 2.10. The molecule has 1 aromatic rings. The quantitative estimate of drug-likeness (QED) is 0.823. The van der Waals surface area contributed by atoms with Crippen LogP contribution in [0.5, 0.6) is 0 Å². The van der Waals surface area contributed by atoms with Gasteiger partial charge in [-0.3, -0.25) is 0 Å². The van der Waals surface area contributed by atoms with Gasteiger partial charge in [0.2, 0.25) is 0 Å². The van der Waals surface area contributed by atoms with E-state index < -0.39 is 0 Å². The van der Waals surface area contributed by atoms with Crippen LogP contribution >= 0.6 is 0 Å². The van der Waals surface area contributed by atoms with Crippen LogP contribution in [0.1, 0.15) is 24.0 Å². The fourth-order valence-electron chi connectivity index (χ4n) is 1.72. The lowest BCUT2D eigenvalue weighted by molar-refractivity contribution is 0.181. The van der Waals surface area contributed by atoms with Crippen LogP contribution < -0.4 is 5.73 Å². The molecule has 2 rings (SSSR count). The van der Waals surface area contributed by atoms with E-state index in [0.717, 1.165) is 24.8 Å². The first-order valence-electron chi connectivity index (χ1n) is 5.18. The highest BCUT2D eigenvalue weighted by molar-refractivity contribution is 5.26. The second kappa shape index (κ2) is 3.91. The topological polar surface area (TPSA) is 35.2 Å². The number of rotatable bonds is 4. The van der Waals surface area contributed by atoms with Gasteiger partial charge in [0.1, 0.15) is 5.82 Å². The van der Waals surface area contributed by atoms with Gasteiger partial charge in [0.15, 0.2) is 0 Å². The second-order valence-corrected chi connectivity index (χ2v) is 4.40. The van der Waals surface area contributed by atoms with E-state index in [1.165, 1.54) is 0 Å². The molecule has 1 fully saturated rings. The van der Waals surface area contributed by atoms with E-state index >= 15 is 0 Å². The van der Waals surface area contributed by atoms with Crippen molar-refractivity contribution >= 4 is 0 Å². The van der Waals surface area contributed by atoms with Crippen LogP contribution in [0.4, 0.5) is 4.39 Å².